The minimum absolute atomic E-state index is 0.425. The molecule has 0 amide bonds. The van der Waals surface area contributed by atoms with Gasteiger partial charge in [0.15, 0.2) is 0 Å². The van der Waals surface area contributed by atoms with Crippen molar-refractivity contribution in [3.63, 3.8) is 0 Å². The van der Waals surface area contributed by atoms with Crippen LogP contribution in [0.5, 0.6) is 5.75 Å². The molecule has 1 heterocycles. The second-order valence-corrected chi connectivity index (χ2v) is 4.80. The fourth-order valence-corrected chi connectivity index (χ4v) is 2.20. The predicted octanol–water partition coefficient (Wildman–Crippen LogP) is 1.33. The van der Waals surface area contributed by atoms with Crippen molar-refractivity contribution in [2.45, 2.75) is 26.8 Å². The van der Waals surface area contributed by atoms with Gasteiger partial charge in [0.1, 0.15) is 12.1 Å². The molecule has 1 aromatic heterocycles. The quantitative estimate of drug-likeness (QED) is 0.878. The molecule has 0 saturated carbocycles. The maximum Gasteiger partial charge on any atom is 0.143 e. The van der Waals surface area contributed by atoms with Gasteiger partial charge in [-0.2, -0.15) is 0 Å². The van der Waals surface area contributed by atoms with Crippen LogP contribution >= 0.6 is 0 Å². The highest BCUT2D eigenvalue weighted by Crippen LogP contribution is 2.29. The number of tetrazole rings is 1. The van der Waals surface area contributed by atoms with Crippen LogP contribution in [0.1, 0.15) is 25.0 Å². The zero-order valence-corrected chi connectivity index (χ0v) is 11.5. The van der Waals surface area contributed by atoms with Gasteiger partial charge in [-0.15, -0.1) is 5.10 Å². The lowest BCUT2D eigenvalue weighted by Crippen LogP contribution is -2.11. The molecule has 0 bridgehead atoms. The van der Waals surface area contributed by atoms with E-state index in [0.29, 0.717) is 12.5 Å². The van der Waals surface area contributed by atoms with E-state index in [1.165, 1.54) is 0 Å². The molecule has 0 fully saturated rings. The molecule has 102 valence electrons. The molecular formula is C13H19N5O. The smallest absolute Gasteiger partial charge is 0.143 e. The molecule has 2 aromatic rings. The number of hydrogen-bond donors (Lipinski definition) is 1. The molecule has 0 saturated heterocycles. The molecule has 0 spiro atoms. The Morgan fingerprint density at radius 2 is 2.11 bits per heavy atom. The number of aromatic nitrogens is 4. The summed E-state index contributed by atoms with van der Waals surface area (Å²) in [5, 5.41) is 11.3. The third kappa shape index (κ3) is 2.73. The van der Waals surface area contributed by atoms with Crippen LogP contribution < -0.4 is 10.5 Å². The molecule has 6 heteroatoms. The number of rotatable bonds is 5. The minimum Gasteiger partial charge on any atom is -0.496 e. The normalized spacial score (nSPS) is 11.0. The van der Waals surface area contributed by atoms with E-state index in [2.05, 4.69) is 29.4 Å². The predicted molar refractivity (Wildman–Crippen MR) is 72.1 cm³/mol. The van der Waals surface area contributed by atoms with Gasteiger partial charge in [0, 0.05) is 12.1 Å². The van der Waals surface area contributed by atoms with Gasteiger partial charge >= 0.3 is 0 Å². The summed E-state index contributed by atoms with van der Waals surface area (Å²) >= 11 is 0. The van der Waals surface area contributed by atoms with E-state index >= 15 is 0 Å². The number of ether oxygens (including phenoxy) is 1. The molecule has 2 rings (SSSR count). The third-order valence-corrected chi connectivity index (χ3v) is 3.00. The highest BCUT2D eigenvalue weighted by molar-refractivity contribution is 5.52. The first-order valence-electron chi connectivity index (χ1n) is 6.29. The van der Waals surface area contributed by atoms with Crippen LogP contribution in [0.15, 0.2) is 18.5 Å². The van der Waals surface area contributed by atoms with E-state index in [1.807, 2.05) is 12.1 Å². The van der Waals surface area contributed by atoms with Crippen molar-refractivity contribution in [1.29, 1.82) is 0 Å². The summed E-state index contributed by atoms with van der Waals surface area (Å²) < 4.78 is 7.08. The molecule has 0 radical (unpaired) electrons. The molecule has 0 atom stereocenters. The van der Waals surface area contributed by atoms with Crippen molar-refractivity contribution in [3.05, 3.63) is 29.6 Å². The van der Waals surface area contributed by atoms with Gasteiger partial charge in [-0.3, -0.25) is 0 Å². The lowest BCUT2D eigenvalue weighted by molar-refractivity contribution is 0.405. The SMILES string of the molecule is COc1ccc(-n2cnnn2)c(CN)c1CC(C)C. The summed E-state index contributed by atoms with van der Waals surface area (Å²) in [6.07, 6.45) is 2.48. The van der Waals surface area contributed by atoms with Gasteiger partial charge in [-0.05, 0) is 40.5 Å². The van der Waals surface area contributed by atoms with Crippen molar-refractivity contribution in [3.8, 4) is 11.4 Å². The Morgan fingerprint density at radius 3 is 2.63 bits per heavy atom. The summed E-state index contributed by atoms with van der Waals surface area (Å²) in [5.41, 5.74) is 8.99. The van der Waals surface area contributed by atoms with Crippen LogP contribution in [0.3, 0.4) is 0 Å². The second-order valence-electron chi connectivity index (χ2n) is 4.80. The molecule has 0 aliphatic heterocycles. The van der Waals surface area contributed by atoms with Crippen LogP contribution in [-0.4, -0.2) is 27.3 Å². The first-order chi connectivity index (χ1) is 9.17. The number of benzene rings is 1. The molecular weight excluding hydrogens is 242 g/mol. The van der Waals surface area contributed by atoms with Crippen LogP contribution in [0.25, 0.3) is 5.69 Å². The van der Waals surface area contributed by atoms with Gasteiger partial charge in [0.25, 0.3) is 0 Å². The van der Waals surface area contributed by atoms with Crippen molar-refractivity contribution in [2.24, 2.45) is 11.7 Å². The van der Waals surface area contributed by atoms with E-state index in [9.17, 15) is 0 Å². The highest BCUT2D eigenvalue weighted by Gasteiger charge is 2.16. The topological polar surface area (TPSA) is 78.8 Å². The highest BCUT2D eigenvalue weighted by atomic mass is 16.5. The monoisotopic (exact) mass is 261 g/mol. The van der Waals surface area contributed by atoms with E-state index in [4.69, 9.17) is 10.5 Å². The molecule has 19 heavy (non-hydrogen) atoms. The Hall–Kier alpha value is -1.95. The Labute approximate surface area is 112 Å². The Bertz CT molecular complexity index is 536. The lowest BCUT2D eigenvalue weighted by Gasteiger charge is -2.18. The number of methoxy groups -OCH3 is 1. The maximum atomic E-state index is 5.92. The van der Waals surface area contributed by atoms with Gasteiger partial charge in [0.05, 0.1) is 12.8 Å². The Balaban J connectivity index is 2.57. The van der Waals surface area contributed by atoms with E-state index < -0.39 is 0 Å². The van der Waals surface area contributed by atoms with Crippen molar-refractivity contribution in [1.82, 2.24) is 20.2 Å². The van der Waals surface area contributed by atoms with Gasteiger partial charge in [-0.1, -0.05) is 13.8 Å². The summed E-state index contributed by atoms with van der Waals surface area (Å²) in [6.45, 7) is 4.77. The zero-order valence-electron chi connectivity index (χ0n) is 11.5. The average Bonchev–Trinajstić information content (AvgIpc) is 2.91. The van der Waals surface area contributed by atoms with E-state index in [-0.39, 0.29) is 0 Å². The van der Waals surface area contributed by atoms with Crippen LogP contribution in [0.2, 0.25) is 0 Å². The molecule has 2 N–H and O–H groups in total. The van der Waals surface area contributed by atoms with Gasteiger partial charge in [-0.25, -0.2) is 4.68 Å². The zero-order chi connectivity index (χ0) is 13.8. The Morgan fingerprint density at radius 1 is 1.32 bits per heavy atom. The van der Waals surface area contributed by atoms with Crippen LogP contribution in [-0.2, 0) is 13.0 Å². The largest absolute Gasteiger partial charge is 0.496 e. The Kier molecular flexibility index (Phi) is 4.11. The van der Waals surface area contributed by atoms with E-state index in [1.54, 1.807) is 18.1 Å². The summed E-state index contributed by atoms with van der Waals surface area (Å²) in [4.78, 5) is 0. The van der Waals surface area contributed by atoms with Crippen molar-refractivity contribution < 1.29 is 4.74 Å². The van der Waals surface area contributed by atoms with Crippen molar-refractivity contribution in [2.75, 3.05) is 7.11 Å². The summed E-state index contributed by atoms with van der Waals surface area (Å²) in [5.74, 6) is 1.38. The fraction of sp³-hybridized carbons (Fsp3) is 0.462. The molecule has 6 nitrogen and oxygen atoms in total. The van der Waals surface area contributed by atoms with E-state index in [0.717, 1.165) is 29.0 Å². The first-order valence-corrected chi connectivity index (χ1v) is 6.29. The number of nitrogens with zero attached hydrogens (tertiary/aromatic N) is 4. The van der Waals surface area contributed by atoms with Crippen LogP contribution in [0.4, 0.5) is 0 Å². The maximum absolute atomic E-state index is 5.92. The number of nitrogens with two attached hydrogens (primary N) is 1. The molecule has 1 aromatic carbocycles. The molecule has 0 aliphatic rings. The molecule has 0 unspecified atom stereocenters. The minimum atomic E-state index is 0.425. The van der Waals surface area contributed by atoms with Crippen molar-refractivity contribution >= 4 is 0 Å². The lowest BCUT2D eigenvalue weighted by atomic mass is 9.95. The first kappa shape index (κ1) is 13.5. The number of hydrogen-bond acceptors (Lipinski definition) is 5. The third-order valence-electron chi connectivity index (χ3n) is 3.00. The fourth-order valence-electron chi connectivity index (χ4n) is 2.20. The summed E-state index contributed by atoms with van der Waals surface area (Å²) in [6, 6.07) is 3.87. The van der Waals surface area contributed by atoms with Gasteiger partial charge in [0.2, 0.25) is 0 Å². The van der Waals surface area contributed by atoms with Crippen LogP contribution in [0, 0.1) is 5.92 Å². The second kappa shape index (κ2) is 5.79. The van der Waals surface area contributed by atoms with Gasteiger partial charge < -0.3 is 10.5 Å². The molecule has 0 aliphatic carbocycles. The standard InChI is InChI=1S/C13H19N5O/c1-9(2)6-10-11(7-14)12(4-5-13(10)19-3)18-8-15-16-17-18/h4-5,8-9H,6-7,14H2,1-3H3. The summed E-state index contributed by atoms with van der Waals surface area (Å²) in [7, 11) is 1.68. The average molecular weight is 261 g/mol.